The van der Waals surface area contributed by atoms with E-state index in [2.05, 4.69) is 37.4 Å². The van der Waals surface area contributed by atoms with Gasteiger partial charge in [-0.3, -0.25) is 0 Å². The van der Waals surface area contributed by atoms with E-state index in [4.69, 9.17) is 4.74 Å². The molecule has 2 heteroatoms. The van der Waals surface area contributed by atoms with Crippen molar-refractivity contribution in [3.8, 4) is 5.75 Å². The van der Waals surface area contributed by atoms with Crippen LogP contribution in [0.15, 0.2) is 18.2 Å². The average Bonchev–Trinajstić information content (AvgIpc) is 2.28. The van der Waals surface area contributed by atoms with E-state index in [-0.39, 0.29) is 0 Å². The van der Waals surface area contributed by atoms with Crippen LogP contribution in [-0.4, -0.2) is 13.7 Å². The van der Waals surface area contributed by atoms with Crippen LogP contribution >= 0.6 is 0 Å². The first-order valence-corrected chi connectivity index (χ1v) is 6.11. The van der Waals surface area contributed by atoms with Crippen molar-refractivity contribution in [1.82, 2.24) is 5.32 Å². The summed E-state index contributed by atoms with van der Waals surface area (Å²) < 4.78 is 5.31. The van der Waals surface area contributed by atoms with Crippen LogP contribution in [0.25, 0.3) is 0 Å². The molecule has 16 heavy (non-hydrogen) atoms. The van der Waals surface area contributed by atoms with Crippen molar-refractivity contribution in [2.75, 3.05) is 13.7 Å². The molecule has 0 spiro atoms. The van der Waals surface area contributed by atoms with Gasteiger partial charge in [0.05, 0.1) is 7.11 Å². The Morgan fingerprint density at radius 3 is 2.94 bits per heavy atom. The van der Waals surface area contributed by atoms with E-state index in [0.717, 1.165) is 24.6 Å². The van der Waals surface area contributed by atoms with E-state index in [0.29, 0.717) is 6.04 Å². The highest BCUT2D eigenvalue weighted by atomic mass is 16.5. The molecule has 1 aliphatic heterocycles. The molecule has 2 nitrogen and oxygen atoms in total. The van der Waals surface area contributed by atoms with Gasteiger partial charge in [-0.15, -0.1) is 0 Å². The molecular formula is C14H21NO. The Morgan fingerprint density at radius 2 is 2.25 bits per heavy atom. The minimum atomic E-state index is 0.499. The van der Waals surface area contributed by atoms with Crippen molar-refractivity contribution in [3.05, 3.63) is 29.3 Å². The molecule has 0 saturated carbocycles. The molecule has 1 aliphatic rings. The Bertz CT molecular complexity index is 360. The van der Waals surface area contributed by atoms with E-state index in [1.807, 2.05) is 0 Å². The van der Waals surface area contributed by atoms with Gasteiger partial charge in [0, 0.05) is 6.04 Å². The van der Waals surface area contributed by atoms with Gasteiger partial charge in [-0.25, -0.2) is 0 Å². The molecule has 0 aromatic heterocycles. The number of hydrogen-bond donors (Lipinski definition) is 1. The second kappa shape index (κ2) is 4.88. The van der Waals surface area contributed by atoms with Crippen molar-refractivity contribution in [3.63, 3.8) is 0 Å². The SMILES string of the molecule is COc1ccc2c(c1)C(CC(C)C)NCC2. The number of fused-ring (bicyclic) bond motifs is 1. The molecule has 0 aliphatic carbocycles. The molecule has 1 atom stereocenters. The lowest BCUT2D eigenvalue weighted by Crippen LogP contribution is -2.30. The summed E-state index contributed by atoms with van der Waals surface area (Å²) in [4.78, 5) is 0. The molecule has 1 unspecified atom stereocenters. The van der Waals surface area contributed by atoms with Gasteiger partial charge in [-0.2, -0.15) is 0 Å². The quantitative estimate of drug-likeness (QED) is 0.844. The number of rotatable bonds is 3. The van der Waals surface area contributed by atoms with Crippen molar-refractivity contribution in [2.24, 2.45) is 5.92 Å². The van der Waals surface area contributed by atoms with E-state index in [9.17, 15) is 0 Å². The summed E-state index contributed by atoms with van der Waals surface area (Å²) in [5.74, 6) is 1.69. The van der Waals surface area contributed by atoms with E-state index in [1.54, 1.807) is 7.11 Å². The first-order chi connectivity index (χ1) is 7.70. The highest BCUT2D eigenvalue weighted by molar-refractivity contribution is 5.39. The molecule has 1 N–H and O–H groups in total. The molecule has 1 heterocycles. The third-order valence-corrected chi connectivity index (χ3v) is 3.22. The number of nitrogens with one attached hydrogen (secondary N) is 1. The second-order valence-corrected chi connectivity index (χ2v) is 4.95. The summed E-state index contributed by atoms with van der Waals surface area (Å²) in [6.07, 6.45) is 2.33. The first kappa shape index (κ1) is 11.5. The molecule has 0 saturated heterocycles. The Kier molecular flexibility index (Phi) is 3.49. The number of ether oxygens (including phenoxy) is 1. The normalized spacial score (nSPS) is 19.6. The first-order valence-electron chi connectivity index (χ1n) is 6.11. The van der Waals surface area contributed by atoms with Crippen LogP contribution in [0.4, 0.5) is 0 Å². The second-order valence-electron chi connectivity index (χ2n) is 4.95. The summed E-state index contributed by atoms with van der Waals surface area (Å²) in [5.41, 5.74) is 2.91. The monoisotopic (exact) mass is 219 g/mol. The standard InChI is InChI=1S/C14H21NO/c1-10(2)8-14-13-9-12(16-3)5-4-11(13)6-7-15-14/h4-5,9-10,14-15H,6-8H2,1-3H3. The van der Waals surface area contributed by atoms with Crippen molar-refractivity contribution in [2.45, 2.75) is 32.7 Å². The predicted octanol–water partition coefficient (Wildman–Crippen LogP) is 2.93. The highest BCUT2D eigenvalue weighted by Crippen LogP contribution is 2.30. The molecule has 1 aromatic carbocycles. The minimum absolute atomic E-state index is 0.499. The highest BCUT2D eigenvalue weighted by Gasteiger charge is 2.20. The van der Waals surface area contributed by atoms with Gasteiger partial charge in [0.25, 0.3) is 0 Å². The van der Waals surface area contributed by atoms with Gasteiger partial charge in [-0.05, 0) is 48.6 Å². The maximum atomic E-state index is 5.31. The lowest BCUT2D eigenvalue weighted by molar-refractivity contribution is 0.398. The number of benzene rings is 1. The summed E-state index contributed by atoms with van der Waals surface area (Å²) in [7, 11) is 1.73. The summed E-state index contributed by atoms with van der Waals surface area (Å²) in [6, 6.07) is 6.96. The fraction of sp³-hybridized carbons (Fsp3) is 0.571. The Hall–Kier alpha value is -1.02. The third kappa shape index (κ3) is 2.38. The Labute approximate surface area is 98.0 Å². The maximum absolute atomic E-state index is 5.31. The van der Waals surface area contributed by atoms with Gasteiger partial charge in [0.2, 0.25) is 0 Å². The lowest BCUT2D eigenvalue weighted by atomic mass is 9.89. The van der Waals surface area contributed by atoms with Gasteiger partial charge in [0.15, 0.2) is 0 Å². The summed E-state index contributed by atoms with van der Waals surface area (Å²) in [5, 5.41) is 3.60. The van der Waals surface area contributed by atoms with Crippen LogP contribution in [-0.2, 0) is 6.42 Å². The smallest absolute Gasteiger partial charge is 0.119 e. The Morgan fingerprint density at radius 1 is 1.44 bits per heavy atom. The zero-order valence-corrected chi connectivity index (χ0v) is 10.4. The lowest BCUT2D eigenvalue weighted by Gasteiger charge is -2.28. The van der Waals surface area contributed by atoms with Crippen molar-refractivity contribution in [1.29, 1.82) is 0 Å². The minimum Gasteiger partial charge on any atom is -0.497 e. The largest absolute Gasteiger partial charge is 0.497 e. The topological polar surface area (TPSA) is 21.3 Å². The molecule has 0 radical (unpaired) electrons. The molecule has 0 bridgehead atoms. The Balaban J connectivity index is 2.28. The molecule has 88 valence electrons. The van der Waals surface area contributed by atoms with Crippen LogP contribution in [0.5, 0.6) is 5.75 Å². The van der Waals surface area contributed by atoms with Crippen LogP contribution in [0.1, 0.15) is 37.4 Å². The van der Waals surface area contributed by atoms with Crippen LogP contribution in [0, 0.1) is 5.92 Å². The van der Waals surface area contributed by atoms with E-state index >= 15 is 0 Å². The van der Waals surface area contributed by atoms with E-state index < -0.39 is 0 Å². The van der Waals surface area contributed by atoms with Crippen molar-refractivity contribution < 1.29 is 4.74 Å². The van der Waals surface area contributed by atoms with E-state index in [1.165, 1.54) is 17.5 Å². The maximum Gasteiger partial charge on any atom is 0.119 e. The van der Waals surface area contributed by atoms with Crippen molar-refractivity contribution >= 4 is 0 Å². The molecule has 1 aromatic rings. The zero-order chi connectivity index (χ0) is 11.5. The van der Waals surface area contributed by atoms with Gasteiger partial charge in [-0.1, -0.05) is 19.9 Å². The van der Waals surface area contributed by atoms with Gasteiger partial charge >= 0.3 is 0 Å². The average molecular weight is 219 g/mol. The predicted molar refractivity (Wildman–Crippen MR) is 66.9 cm³/mol. The fourth-order valence-electron chi connectivity index (χ4n) is 2.42. The van der Waals surface area contributed by atoms with Crippen LogP contribution in [0.3, 0.4) is 0 Å². The molecule has 2 rings (SSSR count). The van der Waals surface area contributed by atoms with Gasteiger partial charge < -0.3 is 10.1 Å². The fourth-order valence-corrected chi connectivity index (χ4v) is 2.42. The number of hydrogen-bond acceptors (Lipinski definition) is 2. The van der Waals surface area contributed by atoms with Crippen LogP contribution in [0.2, 0.25) is 0 Å². The molecular weight excluding hydrogens is 198 g/mol. The summed E-state index contributed by atoms with van der Waals surface area (Å²) in [6.45, 7) is 5.64. The summed E-state index contributed by atoms with van der Waals surface area (Å²) >= 11 is 0. The zero-order valence-electron chi connectivity index (χ0n) is 10.4. The molecule has 0 fully saturated rings. The van der Waals surface area contributed by atoms with Gasteiger partial charge in [0.1, 0.15) is 5.75 Å². The van der Waals surface area contributed by atoms with Crippen LogP contribution < -0.4 is 10.1 Å². The molecule has 0 amide bonds. The number of methoxy groups -OCH3 is 1. The third-order valence-electron chi connectivity index (χ3n) is 3.22.